The molecular formula is C17H18BrN3. The summed E-state index contributed by atoms with van der Waals surface area (Å²) < 4.78 is 3.24. The van der Waals surface area contributed by atoms with Crippen molar-refractivity contribution in [3.63, 3.8) is 0 Å². The second-order valence-electron chi connectivity index (χ2n) is 5.42. The summed E-state index contributed by atoms with van der Waals surface area (Å²) in [4.78, 5) is 4.81. The largest absolute Gasteiger partial charge is 0.330 e. The maximum Gasteiger partial charge on any atom is 0.137 e. The molecule has 0 aliphatic heterocycles. The van der Waals surface area contributed by atoms with Crippen molar-refractivity contribution in [3.8, 4) is 11.3 Å². The standard InChI is InChI=1S/C17H18BrN3/c1-11-3-8-15-20-16(13-4-6-14(18)7-5-13)17(12(2)9-19)21(15)10-11/h3-8,10,12H,9,19H2,1-2H3. The summed E-state index contributed by atoms with van der Waals surface area (Å²) in [6.45, 7) is 4.84. The molecule has 0 aliphatic rings. The van der Waals surface area contributed by atoms with Gasteiger partial charge in [0.1, 0.15) is 5.65 Å². The molecule has 0 aliphatic carbocycles. The zero-order valence-corrected chi connectivity index (χ0v) is 13.8. The number of nitrogens with two attached hydrogens (primary N) is 1. The first-order valence-corrected chi connectivity index (χ1v) is 7.84. The third-order valence-corrected chi connectivity index (χ3v) is 4.27. The first-order chi connectivity index (χ1) is 10.1. The van der Waals surface area contributed by atoms with Crippen molar-refractivity contribution in [2.24, 2.45) is 5.73 Å². The third kappa shape index (κ3) is 2.61. The van der Waals surface area contributed by atoms with E-state index in [4.69, 9.17) is 10.7 Å². The van der Waals surface area contributed by atoms with Crippen molar-refractivity contribution in [1.82, 2.24) is 9.38 Å². The lowest BCUT2D eigenvalue weighted by Gasteiger charge is -2.12. The molecule has 4 heteroatoms. The van der Waals surface area contributed by atoms with Crippen LogP contribution >= 0.6 is 15.9 Å². The Morgan fingerprint density at radius 2 is 1.90 bits per heavy atom. The summed E-state index contributed by atoms with van der Waals surface area (Å²) in [5, 5.41) is 0. The molecule has 0 fully saturated rings. The Morgan fingerprint density at radius 1 is 1.19 bits per heavy atom. The van der Waals surface area contributed by atoms with Gasteiger partial charge in [-0.25, -0.2) is 4.98 Å². The number of halogens is 1. The van der Waals surface area contributed by atoms with Crippen molar-refractivity contribution in [2.75, 3.05) is 6.54 Å². The van der Waals surface area contributed by atoms with Gasteiger partial charge in [-0.1, -0.05) is 41.1 Å². The van der Waals surface area contributed by atoms with Crippen LogP contribution in [0, 0.1) is 6.92 Å². The quantitative estimate of drug-likeness (QED) is 0.776. The monoisotopic (exact) mass is 343 g/mol. The maximum atomic E-state index is 5.91. The molecular weight excluding hydrogens is 326 g/mol. The van der Waals surface area contributed by atoms with E-state index in [0.29, 0.717) is 6.54 Å². The molecule has 1 atom stereocenters. The Hall–Kier alpha value is -1.65. The minimum absolute atomic E-state index is 0.250. The fourth-order valence-corrected chi connectivity index (χ4v) is 2.84. The average molecular weight is 344 g/mol. The topological polar surface area (TPSA) is 43.3 Å². The number of rotatable bonds is 3. The smallest absolute Gasteiger partial charge is 0.137 e. The van der Waals surface area contributed by atoms with Gasteiger partial charge >= 0.3 is 0 Å². The molecule has 0 amide bonds. The molecule has 2 aromatic heterocycles. The Kier molecular flexibility index (Phi) is 3.83. The average Bonchev–Trinajstić information content (AvgIpc) is 2.85. The van der Waals surface area contributed by atoms with E-state index in [1.54, 1.807) is 0 Å². The van der Waals surface area contributed by atoms with E-state index in [1.165, 1.54) is 11.3 Å². The molecule has 0 saturated heterocycles. The normalized spacial score (nSPS) is 12.8. The van der Waals surface area contributed by atoms with Gasteiger partial charge in [-0.3, -0.25) is 0 Å². The third-order valence-electron chi connectivity index (χ3n) is 3.74. The fourth-order valence-electron chi connectivity index (χ4n) is 2.57. The minimum atomic E-state index is 0.250. The van der Waals surface area contributed by atoms with Crippen LogP contribution in [0.15, 0.2) is 47.1 Å². The summed E-state index contributed by atoms with van der Waals surface area (Å²) in [6.07, 6.45) is 2.13. The van der Waals surface area contributed by atoms with Crippen LogP contribution < -0.4 is 5.73 Å². The molecule has 1 aromatic carbocycles. The molecule has 21 heavy (non-hydrogen) atoms. The van der Waals surface area contributed by atoms with E-state index in [9.17, 15) is 0 Å². The number of hydrogen-bond donors (Lipinski definition) is 1. The lowest BCUT2D eigenvalue weighted by Crippen LogP contribution is -2.12. The van der Waals surface area contributed by atoms with Gasteiger partial charge in [-0.2, -0.15) is 0 Å². The second-order valence-corrected chi connectivity index (χ2v) is 6.34. The van der Waals surface area contributed by atoms with E-state index in [2.05, 4.69) is 64.6 Å². The molecule has 3 nitrogen and oxygen atoms in total. The number of aromatic nitrogens is 2. The van der Waals surface area contributed by atoms with Gasteiger partial charge in [0.15, 0.2) is 0 Å². The predicted octanol–water partition coefficient (Wildman–Crippen LogP) is 4.13. The second kappa shape index (κ2) is 5.62. The van der Waals surface area contributed by atoms with Crippen molar-refractivity contribution >= 4 is 21.6 Å². The van der Waals surface area contributed by atoms with Crippen LogP contribution in [0.5, 0.6) is 0 Å². The van der Waals surface area contributed by atoms with Crippen molar-refractivity contribution < 1.29 is 0 Å². The van der Waals surface area contributed by atoms with E-state index in [-0.39, 0.29) is 5.92 Å². The highest BCUT2D eigenvalue weighted by atomic mass is 79.9. The predicted molar refractivity (Wildman–Crippen MR) is 90.5 cm³/mol. The van der Waals surface area contributed by atoms with Crippen LogP contribution in [0.3, 0.4) is 0 Å². The lowest BCUT2D eigenvalue weighted by atomic mass is 10.0. The van der Waals surface area contributed by atoms with E-state index < -0.39 is 0 Å². The number of imidazole rings is 1. The zero-order valence-electron chi connectivity index (χ0n) is 12.2. The lowest BCUT2D eigenvalue weighted by molar-refractivity contribution is 0.738. The highest BCUT2D eigenvalue weighted by molar-refractivity contribution is 9.10. The number of benzene rings is 1. The Bertz CT molecular complexity index is 775. The van der Waals surface area contributed by atoms with E-state index in [0.717, 1.165) is 21.4 Å². The first kappa shape index (κ1) is 14.3. The molecule has 2 heterocycles. The summed E-state index contributed by atoms with van der Waals surface area (Å²) in [5.41, 5.74) is 11.4. The zero-order chi connectivity index (χ0) is 15.0. The van der Waals surface area contributed by atoms with Gasteiger partial charge in [0, 0.05) is 28.7 Å². The van der Waals surface area contributed by atoms with Crippen molar-refractivity contribution in [3.05, 3.63) is 58.3 Å². The van der Waals surface area contributed by atoms with Crippen LogP contribution in [0.4, 0.5) is 0 Å². The van der Waals surface area contributed by atoms with Crippen molar-refractivity contribution in [2.45, 2.75) is 19.8 Å². The molecule has 2 N–H and O–H groups in total. The fraction of sp³-hybridized carbons (Fsp3) is 0.235. The van der Waals surface area contributed by atoms with Crippen LogP contribution in [0.1, 0.15) is 24.1 Å². The summed E-state index contributed by atoms with van der Waals surface area (Å²) in [5.74, 6) is 0.250. The molecule has 0 saturated carbocycles. The molecule has 0 bridgehead atoms. The highest BCUT2D eigenvalue weighted by Crippen LogP contribution is 2.30. The summed E-state index contributed by atoms with van der Waals surface area (Å²) in [7, 11) is 0. The van der Waals surface area contributed by atoms with Gasteiger partial charge in [0.05, 0.1) is 11.4 Å². The van der Waals surface area contributed by atoms with Gasteiger partial charge in [0.25, 0.3) is 0 Å². The van der Waals surface area contributed by atoms with E-state index in [1.807, 2.05) is 12.1 Å². The molecule has 0 radical (unpaired) electrons. The number of nitrogens with zero attached hydrogens (tertiary/aromatic N) is 2. The Morgan fingerprint density at radius 3 is 2.57 bits per heavy atom. The number of pyridine rings is 1. The summed E-state index contributed by atoms with van der Waals surface area (Å²) >= 11 is 3.48. The Balaban J connectivity index is 2.28. The van der Waals surface area contributed by atoms with Gasteiger partial charge in [-0.15, -0.1) is 0 Å². The summed E-state index contributed by atoms with van der Waals surface area (Å²) in [6, 6.07) is 12.4. The molecule has 1 unspecified atom stereocenters. The van der Waals surface area contributed by atoms with Crippen LogP contribution in [0.2, 0.25) is 0 Å². The number of fused-ring (bicyclic) bond motifs is 1. The van der Waals surface area contributed by atoms with Gasteiger partial charge in [-0.05, 0) is 30.7 Å². The molecule has 3 rings (SSSR count). The SMILES string of the molecule is Cc1ccc2nc(-c3ccc(Br)cc3)c(C(C)CN)n2c1. The molecule has 108 valence electrons. The van der Waals surface area contributed by atoms with Crippen LogP contribution in [-0.2, 0) is 0 Å². The number of hydrogen-bond acceptors (Lipinski definition) is 2. The van der Waals surface area contributed by atoms with Gasteiger partial charge in [0.2, 0.25) is 0 Å². The number of aryl methyl sites for hydroxylation is 1. The molecule has 3 aromatic rings. The highest BCUT2D eigenvalue weighted by Gasteiger charge is 2.18. The molecule has 0 spiro atoms. The maximum absolute atomic E-state index is 5.91. The Labute approximate surface area is 132 Å². The van der Waals surface area contributed by atoms with Crippen LogP contribution in [-0.4, -0.2) is 15.9 Å². The van der Waals surface area contributed by atoms with Crippen LogP contribution in [0.25, 0.3) is 16.9 Å². The first-order valence-electron chi connectivity index (χ1n) is 7.04. The van der Waals surface area contributed by atoms with E-state index >= 15 is 0 Å². The van der Waals surface area contributed by atoms with Gasteiger partial charge < -0.3 is 10.1 Å². The van der Waals surface area contributed by atoms with Crippen molar-refractivity contribution in [1.29, 1.82) is 0 Å². The minimum Gasteiger partial charge on any atom is -0.330 e.